The van der Waals surface area contributed by atoms with Crippen molar-refractivity contribution >= 4 is 5.91 Å². The van der Waals surface area contributed by atoms with Gasteiger partial charge in [0.05, 0.1) is 12.7 Å². The van der Waals surface area contributed by atoms with Crippen LogP contribution in [0.2, 0.25) is 0 Å². The first-order valence-corrected chi connectivity index (χ1v) is 8.83. The molecule has 8 heteroatoms. The molecule has 3 rings (SSSR count). The molecule has 1 aromatic carbocycles. The Labute approximate surface area is 152 Å². The van der Waals surface area contributed by atoms with Crippen molar-refractivity contribution in [3.05, 3.63) is 18.2 Å². The van der Waals surface area contributed by atoms with Crippen molar-refractivity contribution in [1.82, 2.24) is 5.32 Å². The van der Waals surface area contributed by atoms with E-state index in [9.17, 15) is 9.90 Å². The van der Waals surface area contributed by atoms with Crippen molar-refractivity contribution < 1.29 is 33.6 Å². The summed E-state index contributed by atoms with van der Waals surface area (Å²) in [5.74, 6) is 1.57. The van der Waals surface area contributed by atoms with Crippen LogP contribution in [0.3, 0.4) is 0 Å². The molecule has 8 nitrogen and oxygen atoms in total. The van der Waals surface area contributed by atoms with E-state index in [0.29, 0.717) is 23.9 Å². The molecule has 2 aliphatic heterocycles. The fourth-order valence-electron chi connectivity index (χ4n) is 2.68. The maximum atomic E-state index is 12.0. The Morgan fingerprint density at radius 3 is 3.04 bits per heavy atom. The zero-order chi connectivity index (χ0) is 18.4. The molecule has 2 N–H and O–H groups in total. The van der Waals surface area contributed by atoms with Crippen LogP contribution in [0.25, 0.3) is 0 Å². The van der Waals surface area contributed by atoms with E-state index < -0.39 is 12.2 Å². The largest absolute Gasteiger partial charge is 0.491 e. The fraction of sp³-hybridized carbons (Fsp3) is 0.611. The molecule has 0 radical (unpaired) electrons. The second-order valence-electron chi connectivity index (χ2n) is 6.34. The fourth-order valence-corrected chi connectivity index (χ4v) is 2.68. The summed E-state index contributed by atoms with van der Waals surface area (Å²) < 4.78 is 27.0. The Bertz CT molecular complexity index is 603. The van der Waals surface area contributed by atoms with Crippen molar-refractivity contribution in [2.24, 2.45) is 0 Å². The van der Waals surface area contributed by atoms with Crippen LogP contribution in [-0.4, -0.2) is 62.5 Å². The number of hydrogen-bond donors (Lipinski definition) is 2. The van der Waals surface area contributed by atoms with Crippen molar-refractivity contribution in [3.63, 3.8) is 0 Å². The van der Waals surface area contributed by atoms with Gasteiger partial charge in [-0.2, -0.15) is 0 Å². The first kappa shape index (κ1) is 18.8. The lowest BCUT2D eigenvalue weighted by Crippen LogP contribution is -2.41. The number of carbonyl (C=O) groups is 1. The summed E-state index contributed by atoms with van der Waals surface area (Å²) in [7, 11) is 0. The van der Waals surface area contributed by atoms with E-state index in [4.69, 9.17) is 23.7 Å². The molecule has 2 heterocycles. The predicted octanol–water partition coefficient (Wildman–Crippen LogP) is 0.855. The van der Waals surface area contributed by atoms with Crippen LogP contribution in [0, 0.1) is 0 Å². The molecular formula is C18H25NO7. The lowest BCUT2D eigenvalue weighted by Gasteiger charge is -2.18. The normalized spacial score (nSPS) is 20.6. The van der Waals surface area contributed by atoms with E-state index in [1.54, 1.807) is 25.1 Å². The van der Waals surface area contributed by atoms with Gasteiger partial charge in [-0.1, -0.05) is 0 Å². The van der Waals surface area contributed by atoms with Gasteiger partial charge in [0, 0.05) is 19.2 Å². The highest BCUT2D eigenvalue weighted by Gasteiger charge is 2.20. The first-order valence-electron chi connectivity index (χ1n) is 8.83. The second kappa shape index (κ2) is 9.07. The van der Waals surface area contributed by atoms with E-state index in [1.807, 2.05) is 0 Å². The van der Waals surface area contributed by atoms with Crippen molar-refractivity contribution in [3.8, 4) is 17.2 Å². The predicted molar refractivity (Wildman–Crippen MR) is 91.5 cm³/mol. The lowest BCUT2D eigenvalue weighted by atomic mass is 10.2. The number of rotatable bonds is 9. The van der Waals surface area contributed by atoms with Crippen LogP contribution in [0.4, 0.5) is 0 Å². The minimum Gasteiger partial charge on any atom is -0.491 e. The third-order valence-corrected chi connectivity index (χ3v) is 4.22. The van der Waals surface area contributed by atoms with Gasteiger partial charge in [-0.15, -0.1) is 0 Å². The SMILES string of the molecule is CC(OCC1CCCO1)C(=O)NCC(O)COc1ccc2c(c1)OCO2. The molecule has 1 saturated heterocycles. The molecule has 2 aliphatic rings. The molecule has 144 valence electrons. The van der Waals surface area contributed by atoms with Crippen LogP contribution < -0.4 is 19.5 Å². The van der Waals surface area contributed by atoms with Gasteiger partial charge in [-0.3, -0.25) is 4.79 Å². The number of carbonyl (C=O) groups excluding carboxylic acids is 1. The average Bonchev–Trinajstić information content (AvgIpc) is 3.33. The number of hydrogen-bond acceptors (Lipinski definition) is 7. The summed E-state index contributed by atoms with van der Waals surface area (Å²) in [4.78, 5) is 12.0. The monoisotopic (exact) mass is 367 g/mol. The Hall–Kier alpha value is -2.03. The molecule has 0 saturated carbocycles. The van der Waals surface area contributed by atoms with Gasteiger partial charge in [0.15, 0.2) is 11.5 Å². The van der Waals surface area contributed by atoms with Gasteiger partial charge in [-0.05, 0) is 31.9 Å². The van der Waals surface area contributed by atoms with E-state index >= 15 is 0 Å². The molecule has 1 aromatic rings. The highest BCUT2D eigenvalue weighted by Crippen LogP contribution is 2.35. The van der Waals surface area contributed by atoms with E-state index in [-0.39, 0.29) is 32.0 Å². The Balaban J connectivity index is 1.32. The summed E-state index contributed by atoms with van der Waals surface area (Å²) in [6.45, 7) is 3.16. The standard InChI is InChI=1S/C18H25NO7/c1-12(23-10-15-3-2-6-22-15)18(21)19-8-13(20)9-24-14-4-5-16-17(7-14)26-11-25-16/h4-5,7,12-13,15,20H,2-3,6,8-11H2,1H3,(H,19,21). The van der Waals surface area contributed by atoms with Gasteiger partial charge in [0.2, 0.25) is 12.7 Å². The third-order valence-electron chi connectivity index (χ3n) is 4.22. The third kappa shape index (κ3) is 5.23. The van der Waals surface area contributed by atoms with Gasteiger partial charge < -0.3 is 34.1 Å². The van der Waals surface area contributed by atoms with Crippen molar-refractivity contribution in [2.45, 2.75) is 38.1 Å². The molecule has 0 aromatic heterocycles. The Morgan fingerprint density at radius 2 is 2.23 bits per heavy atom. The van der Waals surface area contributed by atoms with Crippen molar-refractivity contribution in [2.75, 3.05) is 33.2 Å². The minimum absolute atomic E-state index is 0.0467. The van der Waals surface area contributed by atoms with Gasteiger partial charge in [0.1, 0.15) is 24.6 Å². The molecule has 3 atom stereocenters. The molecule has 26 heavy (non-hydrogen) atoms. The van der Waals surface area contributed by atoms with Crippen LogP contribution in [-0.2, 0) is 14.3 Å². The van der Waals surface area contributed by atoms with E-state index in [0.717, 1.165) is 19.4 Å². The number of benzene rings is 1. The summed E-state index contributed by atoms with van der Waals surface area (Å²) in [5.41, 5.74) is 0. The van der Waals surface area contributed by atoms with Gasteiger partial charge >= 0.3 is 0 Å². The number of aliphatic hydroxyl groups excluding tert-OH is 1. The number of nitrogens with one attached hydrogen (secondary N) is 1. The highest BCUT2D eigenvalue weighted by molar-refractivity contribution is 5.80. The quantitative estimate of drug-likeness (QED) is 0.668. The molecule has 1 fully saturated rings. The Kier molecular flexibility index (Phi) is 6.54. The van der Waals surface area contributed by atoms with Crippen LogP contribution in [0.1, 0.15) is 19.8 Å². The zero-order valence-corrected chi connectivity index (χ0v) is 14.8. The zero-order valence-electron chi connectivity index (χ0n) is 14.8. The van der Waals surface area contributed by atoms with Crippen LogP contribution in [0.15, 0.2) is 18.2 Å². The van der Waals surface area contributed by atoms with E-state index in [2.05, 4.69) is 5.32 Å². The van der Waals surface area contributed by atoms with Crippen molar-refractivity contribution in [1.29, 1.82) is 0 Å². The average molecular weight is 367 g/mol. The summed E-state index contributed by atoms with van der Waals surface area (Å²) in [5, 5.41) is 12.6. The molecule has 0 aliphatic carbocycles. The molecule has 3 unspecified atom stereocenters. The lowest BCUT2D eigenvalue weighted by molar-refractivity contribution is -0.134. The number of aliphatic hydroxyl groups is 1. The highest BCUT2D eigenvalue weighted by atomic mass is 16.7. The number of ether oxygens (including phenoxy) is 5. The molecular weight excluding hydrogens is 342 g/mol. The smallest absolute Gasteiger partial charge is 0.248 e. The van der Waals surface area contributed by atoms with E-state index in [1.165, 1.54) is 0 Å². The maximum absolute atomic E-state index is 12.0. The number of amides is 1. The molecule has 0 spiro atoms. The maximum Gasteiger partial charge on any atom is 0.248 e. The Morgan fingerprint density at radius 1 is 1.38 bits per heavy atom. The molecule has 1 amide bonds. The van der Waals surface area contributed by atoms with Crippen LogP contribution in [0.5, 0.6) is 17.2 Å². The summed E-state index contributed by atoms with van der Waals surface area (Å²) in [6, 6.07) is 5.19. The summed E-state index contributed by atoms with van der Waals surface area (Å²) in [6.07, 6.45) is 0.635. The first-order chi connectivity index (χ1) is 12.6. The van der Waals surface area contributed by atoms with Gasteiger partial charge in [0.25, 0.3) is 0 Å². The van der Waals surface area contributed by atoms with Crippen LogP contribution >= 0.6 is 0 Å². The number of fused-ring (bicyclic) bond motifs is 1. The topological polar surface area (TPSA) is 95.5 Å². The molecule has 0 bridgehead atoms. The van der Waals surface area contributed by atoms with Gasteiger partial charge in [-0.25, -0.2) is 0 Å². The summed E-state index contributed by atoms with van der Waals surface area (Å²) >= 11 is 0. The second-order valence-corrected chi connectivity index (χ2v) is 6.34. The minimum atomic E-state index is -0.838.